The van der Waals surface area contributed by atoms with E-state index >= 15 is 0 Å². The Morgan fingerprint density at radius 3 is 2.10 bits per heavy atom. The van der Waals surface area contributed by atoms with Crippen LogP contribution < -0.4 is 5.11 Å². The predicted octanol–water partition coefficient (Wildman–Crippen LogP) is -0.565. The minimum absolute atomic E-state index is 0.403. The molecule has 3 nitrogen and oxygen atoms in total. The molecule has 0 radical (unpaired) electrons. The normalized spacial score (nSPS) is 14.8. The van der Waals surface area contributed by atoms with Crippen molar-refractivity contribution in [3.63, 3.8) is 0 Å². The van der Waals surface area contributed by atoms with Crippen molar-refractivity contribution < 1.29 is 15.0 Å². The summed E-state index contributed by atoms with van der Waals surface area (Å²) in [6.45, 7) is 0. The van der Waals surface area contributed by atoms with E-state index in [0.717, 1.165) is 0 Å². The fourth-order valence-electron chi connectivity index (χ4n) is 0.593. The molecule has 60 valence electrons. The fourth-order valence-corrected chi connectivity index (χ4v) is 3.08. The summed E-state index contributed by atoms with van der Waals surface area (Å²) < 4.78 is 0. The molecule has 1 unspecified atom stereocenters. The number of rotatable bonds is 3. The van der Waals surface area contributed by atoms with Gasteiger partial charge in [0.25, 0.3) is 0 Å². The van der Waals surface area contributed by atoms with Gasteiger partial charge in [-0.05, 0) is 0 Å². The minimum atomic E-state index is -1.76. The first-order valence-corrected chi connectivity index (χ1v) is 9.98. The first-order chi connectivity index (χ1) is 4.33. The van der Waals surface area contributed by atoms with E-state index in [1.165, 1.54) is 0 Å². The van der Waals surface area contributed by atoms with Gasteiger partial charge in [0.05, 0.1) is 0 Å². The number of hydrogen-bond donors (Lipinski definition) is 1. The van der Waals surface area contributed by atoms with Crippen molar-refractivity contribution in [1.29, 1.82) is 0 Å². The van der Waals surface area contributed by atoms with Crippen LogP contribution in [0.3, 0.4) is 0 Å². The molecule has 0 aliphatic heterocycles. The molecule has 0 fully saturated rings. The zero-order valence-electron chi connectivity index (χ0n) is 6.50. The Balaban J connectivity index is 3.80. The van der Waals surface area contributed by atoms with Crippen LogP contribution in [-0.2, 0) is 4.79 Å². The molecule has 4 heteroatoms. The van der Waals surface area contributed by atoms with E-state index in [2.05, 4.69) is 0 Å². The molecular weight excluding hydrogens is 195 g/mol. The van der Waals surface area contributed by atoms with Crippen LogP contribution >= 0.6 is 0 Å². The van der Waals surface area contributed by atoms with Gasteiger partial charge in [-0.15, -0.1) is 0 Å². The number of carboxylic acids is 1. The van der Waals surface area contributed by atoms with E-state index in [1.54, 1.807) is 0 Å². The zero-order chi connectivity index (χ0) is 8.36. The van der Waals surface area contributed by atoms with Gasteiger partial charge in [-0.25, -0.2) is 0 Å². The summed E-state index contributed by atoms with van der Waals surface area (Å²) in [7, 11) is 0. The molecule has 0 amide bonds. The van der Waals surface area contributed by atoms with Crippen LogP contribution in [0.2, 0.25) is 22.3 Å². The van der Waals surface area contributed by atoms with E-state index in [0.29, 0.717) is 5.21 Å². The topological polar surface area (TPSA) is 60.4 Å². The third-order valence-electron chi connectivity index (χ3n) is 0.993. The number of carboxylic acid groups (broad SMARTS) is 1. The molecule has 1 N–H and O–H groups in total. The Morgan fingerprint density at radius 2 is 2.00 bits per heavy atom. The number of aliphatic hydroxyl groups excluding tert-OH is 1. The van der Waals surface area contributed by atoms with Gasteiger partial charge in [0, 0.05) is 0 Å². The Hall–Kier alpha value is -0.0116. The summed E-state index contributed by atoms with van der Waals surface area (Å²) in [5.74, 6) is -1.35. The molecule has 0 rings (SSSR count). The van der Waals surface area contributed by atoms with Crippen LogP contribution in [0.4, 0.5) is 0 Å². The average molecular weight is 208 g/mol. The number of carbonyl (C=O) groups excluding carboxylic acids is 1. The van der Waals surface area contributed by atoms with Crippen molar-refractivity contribution in [3.05, 3.63) is 0 Å². The summed E-state index contributed by atoms with van der Waals surface area (Å²) in [6.07, 6.45) is -1.26. The van der Waals surface area contributed by atoms with Crippen LogP contribution in [0, 0.1) is 0 Å². The van der Waals surface area contributed by atoms with Gasteiger partial charge in [-0.3, -0.25) is 0 Å². The van der Waals surface area contributed by atoms with E-state index in [9.17, 15) is 9.90 Å². The molecule has 0 saturated heterocycles. The second kappa shape index (κ2) is 3.40. The Morgan fingerprint density at radius 1 is 1.60 bits per heavy atom. The van der Waals surface area contributed by atoms with Crippen LogP contribution in [0.1, 0.15) is 0 Å². The molecular formula is C6H13AsO3. The standard InChI is InChI=1S/C6H13AsO3/c1-7(2,3)4-5(8)6(9)10/h5,8H,4H2,1-3H3. The van der Waals surface area contributed by atoms with Crippen molar-refractivity contribution in [2.45, 2.75) is 28.4 Å². The van der Waals surface area contributed by atoms with E-state index in [-0.39, 0.29) is 0 Å². The number of hydrogen-bond acceptors (Lipinski definition) is 3. The molecule has 0 saturated carbocycles. The molecule has 0 heterocycles. The predicted molar refractivity (Wildman–Crippen MR) is 39.2 cm³/mol. The molecule has 0 aromatic rings. The summed E-state index contributed by atoms with van der Waals surface area (Å²) >= 11 is -1.76. The molecule has 0 spiro atoms. The molecule has 1 atom stereocenters. The van der Waals surface area contributed by atoms with Crippen LogP contribution in [0.15, 0.2) is 0 Å². The maximum absolute atomic E-state index is 10.0. The Labute approximate surface area is 63.5 Å². The van der Waals surface area contributed by atoms with Crippen LogP contribution in [-0.4, -0.2) is 30.7 Å². The van der Waals surface area contributed by atoms with E-state index in [1.807, 2.05) is 17.1 Å². The fraction of sp³-hybridized carbons (Fsp3) is 0.833. The van der Waals surface area contributed by atoms with Crippen molar-refractivity contribution in [1.82, 2.24) is 0 Å². The molecule has 0 aliphatic rings. The molecule has 0 aromatic heterocycles. The number of aliphatic hydroxyl groups is 1. The molecule has 0 aliphatic carbocycles. The van der Waals surface area contributed by atoms with Gasteiger partial charge in [0.15, 0.2) is 0 Å². The van der Waals surface area contributed by atoms with Gasteiger partial charge in [0.1, 0.15) is 0 Å². The maximum atomic E-state index is 10.0. The summed E-state index contributed by atoms with van der Waals surface area (Å²) in [6, 6.07) is 0. The monoisotopic (exact) mass is 208 g/mol. The van der Waals surface area contributed by atoms with Crippen LogP contribution in [0.5, 0.6) is 0 Å². The van der Waals surface area contributed by atoms with Gasteiger partial charge in [-0.1, -0.05) is 0 Å². The van der Waals surface area contributed by atoms with E-state index < -0.39 is 25.6 Å². The van der Waals surface area contributed by atoms with Crippen molar-refractivity contribution in [3.8, 4) is 0 Å². The number of carbonyl (C=O) groups is 1. The molecule has 10 heavy (non-hydrogen) atoms. The number of aliphatic carboxylic acids is 1. The molecule has 0 bridgehead atoms. The summed E-state index contributed by atoms with van der Waals surface area (Å²) in [5, 5.41) is 19.3. The second-order valence-electron chi connectivity index (χ2n) is 3.31. The van der Waals surface area contributed by atoms with Gasteiger partial charge in [-0.2, -0.15) is 0 Å². The first-order valence-electron chi connectivity index (χ1n) is 3.02. The SMILES string of the molecule is C[As+](C)(C)CC(O)C(=O)[O-]. The third-order valence-corrected chi connectivity index (χ3v) is 4.02. The summed E-state index contributed by atoms with van der Waals surface area (Å²) in [4.78, 5) is 10.0. The van der Waals surface area contributed by atoms with E-state index in [4.69, 9.17) is 5.11 Å². The average Bonchev–Trinajstić information content (AvgIpc) is 1.60. The van der Waals surface area contributed by atoms with Gasteiger partial charge in [0.2, 0.25) is 0 Å². The first kappa shape index (κ1) is 9.99. The van der Waals surface area contributed by atoms with Crippen LogP contribution in [0.25, 0.3) is 0 Å². The van der Waals surface area contributed by atoms with Crippen molar-refractivity contribution >= 4 is 19.5 Å². The zero-order valence-corrected chi connectivity index (χ0v) is 8.37. The Bertz CT molecular complexity index is 127. The Kier molecular flexibility index (Phi) is 3.40. The quantitative estimate of drug-likeness (QED) is 0.632. The van der Waals surface area contributed by atoms with Crippen molar-refractivity contribution in [2.75, 3.05) is 0 Å². The van der Waals surface area contributed by atoms with Gasteiger partial charge >= 0.3 is 63.0 Å². The summed E-state index contributed by atoms with van der Waals surface area (Å²) in [5.41, 5.74) is 6.10. The second-order valence-corrected chi connectivity index (χ2v) is 13.7. The van der Waals surface area contributed by atoms with Crippen molar-refractivity contribution in [2.24, 2.45) is 0 Å². The van der Waals surface area contributed by atoms with Gasteiger partial charge < -0.3 is 0 Å². The third kappa shape index (κ3) is 4.83. The molecule has 0 aromatic carbocycles.